The van der Waals surface area contributed by atoms with E-state index >= 15 is 0 Å². The van der Waals surface area contributed by atoms with Crippen molar-refractivity contribution in [2.75, 3.05) is 31.6 Å². The Morgan fingerprint density at radius 3 is 2.55 bits per heavy atom. The van der Waals surface area contributed by atoms with Crippen molar-refractivity contribution >= 4 is 5.69 Å². The minimum atomic E-state index is -0.516. The van der Waals surface area contributed by atoms with Gasteiger partial charge >= 0.3 is 0 Å². The van der Waals surface area contributed by atoms with Crippen molar-refractivity contribution in [2.45, 2.75) is 25.9 Å². The number of anilines is 1. The lowest BCUT2D eigenvalue weighted by Gasteiger charge is -2.37. The second kappa shape index (κ2) is 6.50. The highest BCUT2D eigenvalue weighted by molar-refractivity contribution is 5.51. The highest BCUT2D eigenvalue weighted by Gasteiger charge is 2.29. The Kier molecular flexibility index (Phi) is 4.94. The zero-order valence-electron chi connectivity index (χ0n) is 12.0. The van der Waals surface area contributed by atoms with Crippen LogP contribution in [-0.4, -0.2) is 32.8 Å². The topological polar surface area (TPSA) is 38.5 Å². The van der Waals surface area contributed by atoms with Crippen molar-refractivity contribution in [3.63, 3.8) is 0 Å². The largest absolute Gasteiger partial charge is 0.379 e. The number of halogens is 2. The van der Waals surface area contributed by atoms with E-state index < -0.39 is 11.6 Å². The third-order valence-corrected chi connectivity index (χ3v) is 4.02. The Labute approximate surface area is 118 Å². The van der Waals surface area contributed by atoms with Gasteiger partial charge in [0.25, 0.3) is 0 Å². The summed E-state index contributed by atoms with van der Waals surface area (Å²) in [6.07, 6.45) is 1.35. The van der Waals surface area contributed by atoms with Crippen LogP contribution in [0.25, 0.3) is 0 Å². The van der Waals surface area contributed by atoms with Gasteiger partial charge in [0.1, 0.15) is 17.3 Å². The van der Waals surface area contributed by atoms with E-state index in [2.05, 4.69) is 6.92 Å². The molecule has 0 aliphatic carbocycles. The monoisotopic (exact) mass is 284 g/mol. The molecule has 0 bridgehead atoms. The average Bonchev–Trinajstić information content (AvgIpc) is 2.40. The molecule has 0 radical (unpaired) electrons. The molecule has 1 fully saturated rings. The summed E-state index contributed by atoms with van der Waals surface area (Å²) < 4.78 is 33.8. The third-order valence-electron chi connectivity index (χ3n) is 4.02. The summed E-state index contributed by atoms with van der Waals surface area (Å²) in [7, 11) is 1.64. The number of hydrogen-bond donors (Lipinski definition) is 1. The lowest BCUT2D eigenvalue weighted by atomic mass is 9.95. The van der Waals surface area contributed by atoms with Crippen molar-refractivity contribution in [2.24, 2.45) is 11.7 Å². The zero-order valence-corrected chi connectivity index (χ0v) is 12.0. The van der Waals surface area contributed by atoms with Gasteiger partial charge in [-0.15, -0.1) is 0 Å². The van der Waals surface area contributed by atoms with E-state index in [1.54, 1.807) is 12.0 Å². The lowest BCUT2D eigenvalue weighted by Crippen LogP contribution is -2.44. The molecular formula is C15H22F2N2O. The lowest BCUT2D eigenvalue weighted by molar-refractivity contribution is 0.0495. The number of ether oxygens (including phenoxy) is 1. The van der Waals surface area contributed by atoms with Crippen LogP contribution in [0, 0.1) is 17.6 Å². The second-order valence-electron chi connectivity index (χ2n) is 5.43. The Bertz CT molecular complexity index is 444. The molecule has 112 valence electrons. The predicted molar refractivity (Wildman–Crippen MR) is 75.9 cm³/mol. The summed E-state index contributed by atoms with van der Waals surface area (Å²) in [4.78, 5) is 1.74. The number of piperidine rings is 1. The van der Waals surface area contributed by atoms with E-state index in [0.717, 1.165) is 6.42 Å². The van der Waals surface area contributed by atoms with Crippen molar-refractivity contribution in [1.29, 1.82) is 0 Å². The number of nitrogens with zero attached hydrogens (tertiary/aromatic N) is 1. The number of nitrogens with two attached hydrogens (primary N) is 1. The summed E-state index contributed by atoms with van der Waals surface area (Å²) in [5, 5.41) is 0. The van der Waals surface area contributed by atoms with Crippen LogP contribution in [0.5, 0.6) is 0 Å². The Balaban J connectivity index is 2.24. The number of methoxy groups -OCH3 is 1. The van der Waals surface area contributed by atoms with Crippen molar-refractivity contribution in [3.05, 3.63) is 29.3 Å². The van der Waals surface area contributed by atoms with Crippen molar-refractivity contribution in [3.8, 4) is 0 Å². The fourth-order valence-corrected chi connectivity index (χ4v) is 2.77. The molecule has 2 atom stereocenters. The highest BCUT2D eigenvalue weighted by atomic mass is 19.1. The summed E-state index contributed by atoms with van der Waals surface area (Å²) >= 11 is 0. The summed E-state index contributed by atoms with van der Waals surface area (Å²) in [6.45, 7) is 3.64. The second-order valence-corrected chi connectivity index (χ2v) is 5.43. The van der Waals surface area contributed by atoms with E-state index in [0.29, 0.717) is 37.5 Å². The molecule has 1 saturated heterocycles. The van der Waals surface area contributed by atoms with Crippen LogP contribution < -0.4 is 10.6 Å². The van der Waals surface area contributed by atoms with Gasteiger partial charge in [-0.05, 0) is 43.0 Å². The normalized spacial score (nSPS) is 23.1. The van der Waals surface area contributed by atoms with Crippen LogP contribution in [0.3, 0.4) is 0 Å². The van der Waals surface area contributed by atoms with E-state index in [4.69, 9.17) is 10.5 Å². The van der Waals surface area contributed by atoms with Gasteiger partial charge in [-0.1, -0.05) is 6.92 Å². The van der Waals surface area contributed by atoms with Gasteiger partial charge in [-0.2, -0.15) is 0 Å². The quantitative estimate of drug-likeness (QED) is 0.922. The first kappa shape index (κ1) is 15.2. The van der Waals surface area contributed by atoms with Crippen LogP contribution in [0.2, 0.25) is 0 Å². The van der Waals surface area contributed by atoms with Crippen molar-refractivity contribution in [1.82, 2.24) is 0 Å². The standard InChI is InChI=1S/C15H22F2N2O/c1-10-4-6-19(9-14(10)20-2)15-12(16)7-11(3-5-18)8-13(15)17/h7-8,10,14H,3-6,9,18H2,1-2H3. The van der Waals surface area contributed by atoms with Gasteiger partial charge in [0.15, 0.2) is 0 Å². The van der Waals surface area contributed by atoms with Crippen LogP contribution in [0.15, 0.2) is 12.1 Å². The SMILES string of the molecule is COC1CN(c2c(F)cc(CCN)cc2F)CCC1C. The molecule has 1 aromatic carbocycles. The molecule has 1 heterocycles. The molecule has 2 rings (SSSR count). The molecule has 1 aromatic rings. The smallest absolute Gasteiger partial charge is 0.149 e. The molecule has 2 N–H and O–H groups in total. The first-order valence-electron chi connectivity index (χ1n) is 7.02. The average molecular weight is 284 g/mol. The fraction of sp³-hybridized carbons (Fsp3) is 0.600. The first-order chi connectivity index (χ1) is 9.56. The van der Waals surface area contributed by atoms with E-state index in [1.807, 2.05) is 0 Å². The Morgan fingerprint density at radius 2 is 2.00 bits per heavy atom. The van der Waals surface area contributed by atoms with Gasteiger partial charge in [0.05, 0.1) is 6.10 Å². The minimum absolute atomic E-state index is 0.00580. The van der Waals surface area contributed by atoms with Gasteiger partial charge in [-0.3, -0.25) is 0 Å². The van der Waals surface area contributed by atoms with Crippen LogP contribution in [-0.2, 0) is 11.2 Å². The van der Waals surface area contributed by atoms with Crippen LogP contribution >= 0.6 is 0 Å². The summed E-state index contributed by atoms with van der Waals surface area (Å²) in [5.74, 6) is -0.630. The molecule has 5 heteroatoms. The molecule has 0 saturated carbocycles. The van der Waals surface area contributed by atoms with Gasteiger partial charge in [0, 0.05) is 20.2 Å². The predicted octanol–water partition coefficient (Wildman–Crippen LogP) is 2.33. The first-order valence-corrected chi connectivity index (χ1v) is 7.02. The molecular weight excluding hydrogens is 262 g/mol. The molecule has 20 heavy (non-hydrogen) atoms. The molecule has 1 aliphatic heterocycles. The maximum Gasteiger partial charge on any atom is 0.149 e. The van der Waals surface area contributed by atoms with Crippen LogP contribution in [0.4, 0.5) is 14.5 Å². The number of rotatable bonds is 4. The molecule has 0 aromatic heterocycles. The molecule has 2 unspecified atom stereocenters. The molecule has 3 nitrogen and oxygen atoms in total. The Hall–Kier alpha value is -1.20. The van der Waals surface area contributed by atoms with Gasteiger partial charge < -0.3 is 15.4 Å². The van der Waals surface area contributed by atoms with E-state index in [-0.39, 0.29) is 11.8 Å². The zero-order chi connectivity index (χ0) is 14.7. The van der Waals surface area contributed by atoms with E-state index in [9.17, 15) is 8.78 Å². The Morgan fingerprint density at radius 1 is 1.35 bits per heavy atom. The van der Waals surface area contributed by atoms with Crippen LogP contribution in [0.1, 0.15) is 18.9 Å². The fourth-order valence-electron chi connectivity index (χ4n) is 2.77. The summed E-state index contributed by atoms with van der Waals surface area (Å²) in [6, 6.07) is 2.76. The number of hydrogen-bond acceptors (Lipinski definition) is 3. The molecule has 0 amide bonds. The van der Waals surface area contributed by atoms with Gasteiger partial charge in [0.2, 0.25) is 0 Å². The minimum Gasteiger partial charge on any atom is -0.379 e. The number of benzene rings is 1. The maximum atomic E-state index is 14.2. The highest BCUT2D eigenvalue weighted by Crippen LogP contribution is 2.30. The van der Waals surface area contributed by atoms with E-state index in [1.165, 1.54) is 12.1 Å². The molecule has 0 spiro atoms. The third kappa shape index (κ3) is 3.10. The van der Waals surface area contributed by atoms with Gasteiger partial charge in [-0.25, -0.2) is 8.78 Å². The summed E-state index contributed by atoms with van der Waals surface area (Å²) in [5.41, 5.74) is 6.07. The maximum absolute atomic E-state index is 14.2. The molecule has 1 aliphatic rings. The van der Waals surface area contributed by atoms with Crippen molar-refractivity contribution < 1.29 is 13.5 Å².